The second kappa shape index (κ2) is 45.9. The molecule has 594 valence electrons. The first-order chi connectivity index (χ1) is 45.4. The summed E-state index contributed by atoms with van der Waals surface area (Å²) in [7, 11) is 0. The fourth-order valence-corrected chi connectivity index (χ4v) is 12.9. The van der Waals surface area contributed by atoms with Crippen LogP contribution in [0.5, 0.6) is 0 Å². The second-order valence-electron chi connectivity index (χ2n) is 41.6. The van der Waals surface area contributed by atoms with E-state index in [-0.39, 0.29) is 5.54 Å². The van der Waals surface area contributed by atoms with Crippen LogP contribution in [0, 0.1) is 50.2 Å². The van der Waals surface area contributed by atoms with E-state index in [0.717, 1.165) is 109 Å². The van der Waals surface area contributed by atoms with Gasteiger partial charge in [0.05, 0.1) is 32.8 Å². The third kappa shape index (κ3) is 45.6. The molecule has 14 heteroatoms. The molecule has 3 unspecified atom stereocenters. The molecule has 2 saturated carbocycles. The average molecular weight is 1410 g/mol. The highest BCUT2D eigenvalue weighted by Crippen LogP contribution is 2.44. The normalized spacial score (nSPS) is 24.6. The van der Waals surface area contributed by atoms with Gasteiger partial charge in [-0.1, -0.05) is 144 Å². The Morgan fingerprint density at radius 1 is 0.313 bits per heavy atom. The predicted molar refractivity (Wildman–Crippen MR) is 436 cm³/mol. The molecule has 11 rings (SSSR count). The Bertz CT molecular complexity index is 1720. The number of nitrogens with one attached hydrogen (secondary N) is 6. The summed E-state index contributed by atoms with van der Waals surface area (Å²) in [6.45, 7) is 97.5. The van der Waals surface area contributed by atoms with Gasteiger partial charge in [0.15, 0.2) is 0 Å². The van der Waals surface area contributed by atoms with Crippen molar-refractivity contribution in [1.82, 2.24) is 56.4 Å². The summed E-state index contributed by atoms with van der Waals surface area (Å²) in [6, 6.07) is 2.13. The third-order valence-electron chi connectivity index (χ3n) is 22.1. The van der Waals surface area contributed by atoms with Crippen molar-refractivity contribution in [3.05, 3.63) is 0 Å². The zero-order valence-electron chi connectivity index (χ0n) is 73.0. The van der Waals surface area contributed by atoms with Gasteiger partial charge in [0.25, 0.3) is 0 Å². The molecule has 9 heterocycles. The molecule has 0 bridgehead atoms. The lowest BCUT2D eigenvalue weighted by molar-refractivity contribution is -0.0560. The topological polar surface area (TPSA) is 116 Å². The van der Waals surface area contributed by atoms with E-state index in [0.29, 0.717) is 67.3 Å². The van der Waals surface area contributed by atoms with Crippen molar-refractivity contribution in [2.75, 3.05) is 145 Å². The van der Waals surface area contributed by atoms with Gasteiger partial charge in [-0.2, -0.15) is 0 Å². The summed E-state index contributed by atoms with van der Waals surface area (Å²) in [5.74, 6) is 3.00. The van der Waals surface area contributed by atoms with E-state index in [1.54, 1.807) is 0 Å². The van der Waals surface area contributed by atoms with Crippen molar-refractivity contribution in [2.24, 2.45) is 50.2 Å². The molecule has 6 N–H and O–H groups in total. The minimum Gasteiger partial charge on any atom is -0.379 e. The number of hydrogen-bond acceptors (Lipinski definition) is 14. The molecule has 0 radical (unpaired) electrons. The first-order valence-corrected chi connectivity index (χ1v) is 41.2. The summed E-state index contributed by atoms with van der Waals surface area (Å²) in [6.07, 6.45) is 19.9. The summed E-state index contributed by atoms with van der Waals surface area (Å²) < 4.78 is 16.1. The van der Waals surface area contributed by atoms with E-state index >= 15 is 0 Å². The highest BCUT2D eigenvalue weighted by atomic mass is 16.5. The summed E-state index contributed by atoms with van der Waals surface area (Å²) in [5, 5.41) is 20.0. The maximum absolute atomic E-state index is 5.53. The standard InChI is InChI=1S/C10H21N.C8H18N2.3C8H17NO.C8H16.C7H16N2.3C7H15N.C7H14/c1-10(2,3)11-8-6-4-5-7-9-11;1-8(2,3)7-6-9-4-5-10-7;1-8(2,3)9-4-6-10-7-5-9;1-8(2,3)7-4-5-9-6-10-7;1-8(2,3)9-5-4-6-10-7-9;1-8(2,3)7-5-4-6-7;1-7(2)9-5-3-4-8-6-9;1-7(2,3)6-4-8-5-6;1-7(2,3)8-5-4-6-8;1-7(2,3)6-4-5-8-6;1-7(2,3)6-4-5-6/h4-9H2,1-3H3;7,9-10H,4-6H2,1-3H3;4-7H2,1-3H3;7,9H,4-6H2,1-3H3;4-7H2,1-3H3;7H,4-6H2,1-3H3;7-8H,3-6H2,1-2H3;6,8H,4-5H2,1-3H3;4-6H2,1-3H3;6,8H,4-5H2,1-3H3;6H,4-5H2,1-3H3. The molecular weight excluding hydrogens is 1220 g/mol. The van der Waals surface area contributed by atoms with Crippen LogP contribution in [0.15, 0.2) is 0 Å². The third-order valence-corrected chi connectivity index (χ3v) is 22.1. The van der Waals surface area contributed by atoms with Gasteiger partial charge in [-0.05, 0) is 277 Å². The van der Waals surface area contributed by atoms with Crippen LogP contribution >= 0.6 is 0 Å². The van der Waals surface area contributed by atoms with Gasteiger partial charge in [-0.25, -0.2) is 0 Å². The molecule has 11 fully saturated rings. The zero-order valence-corrected chi connectivity index (χ0v) is 73.0. The van der Waals surface area contributed by atoms with Gasteiger partial charge in [0.1, 0.15) is 0 Å². The van der Waals surface area contributed by atoms with Crippen LogP contribution in [-0.4, -0.2) is 216 Å². The Morgan fingerprint density at radius 2 is 0.768 bits per heavy atom. The monoisotopic (exact) mass is 1400 g/mol. The lowest BCUT2D eigenvalue weighted by Gasteiger charge is -2.42. The van der Waals surface area contributed by atoms with Crippen molar-refractivity contribution in [2.45, 2.75) is 358 Å². The fraction of sp³-hybridized carbons (Fsp3) is 1.00. The molecule has 0 aromatic carbocycles. The van der Waals surface area contributed by atoms with Crippen LogP contribution in [0.25, 0.3) is 0 Å². The van der Waals surface area contributed by atoms with Gasteiger partial charge >= 0.3 is 0 Å². The first-order valence-electron chi connectivity index (χ1n) is 41.2. The lowest BCUT2D eigenvalue weighted by atomic mass is 9.69. The molecule has 0 aromatic heterocycles. The van der Waals surface area contributed by atoms with Crippen molar-refractivity contribution in [3.8, 4) is 0 Å². The van der Waals surface area contributed by atoms with E-state index in [1.165, 1.54) is 149 Å². The quantitative estimate of drug-likeness (QED) is 0.150. The SMILES string of the molecule is CC(C)(C)C1CC1.CC(C)(C)C1CCC1.CC(C)(C)C1CCN1.CC(C)(C)C1CCNCO1.CC(C)(C)C1CNC1.CC(C)(C)C1CNCCN1.CC(C)(C)N1CCC1.CC(C)(C)N1CCCCCC1.CC(C)(C)N1CCCOC1.CC(C)(C)N1CCOCC1.CC(C)N1CCCNC1. The Hall–Kier alpha value is -0.560. The van der Waals surface area contributed by atoms with Crippen LogP contribution < -0.4 is 31.9 Å². The molecule has 0 aromatic rings. The molecule has 11 aliphatic rings. The highest BCUT2D eigenvalue weighted by Gasteiger charge is 2.35. The van der Waals surface area contributed by atoms with Crippen LogP contribution in [0.4, 0.5) is 0 Å². The molecule has 0 spiro atoms. The maximum Gasteiger partial charge on any atom is 0.0994 e. The van der Waals surface area contributed by atoms with E-state index in [9.17, 15) is 0 Å². The Morgan fingerprint density at radius 3 is 0.960 bits per heavy atom. The van der Waals surface area contributed by atoms with Gasteiger partial charge < -0.3 is 40.8 Å². The molecular formula is C85H181N11O3. The summed E-state index contributed by atoms with van der Waals surface area (Å²) >= 11 is 0. The Kier molecular flexibility index (Phi) is 44.8. The van der Waals surface area contributed by atoms with Gasteiger partial charge in [-0.15, -0.1) is 0 Å². The smallest absolute Gasteiger partial charge is 0.0994 e. The number of hydrogen-bond donors (Lipinski definition) is 6. The van der Waals surface area contributed by atoms with E-state index < -0.39 is 0 Å². The van der Waals surface area contributed by atoms with Gasteiger partial charge in [0.2, 0.25) is 0 Å². The number of piperazine rings is 1. The first kappa shape index (κ1) is 96.5. The number of rotatable bonds is 1. The predicted octanol–water partition coefficient (Wildman–Crippen LogP) is 17.3. The van der Waals surface area contributed by atoms with E-state index in [4.69, 9.17) is 14.2 Å². The van der Waals surface area contributed by atoms with Crippen LogP contribution in [0.3, 0.4) is 0 Å². The van der Waals surface area contributed by atoms with Crippen molar-refractivity contribution in [3.63, 3.8) is 0 Å². The molecule has 0 amide bonds. The zero-order chi connectivity index (χ0) is 75.7. The van der Waals surface area contributed by atoms with E-state index in [1.807, 2.05) is 0 Å². The molecule has 99 heavy (non-hydrogen) atoms. The molecule has 14 nitrogen and oxygen atoms in total. The number of likely N-dealkylation sites (tertiary alicyclic amines) is 2. The minimum atomic E-state index is 0.278. The van der Waals surface area contributed by atoms with Gasteiger partial charge in [-0.3, -0.25) is 29.8 Å². The van der Waals surface area contributed by atoms with Crippen LogP contribution in [0.2, 0.25) is 0 Å². The minimum absolute atomic E-state index is 0.278. The Labute approximate surface area is 620 Å². The van der Waals surface area contributed by atoms with Crippen molar-refractivity contribution in [1.29, 1.82) is 0 Å². The van der Waals surface area contributed by atoms with E-state index in [2.05, 4.69) is 278 Å². The Balaban J connectivity index is 0.000000546. The highest BCUT2D eigenvalue weighted by molar-refractivity contribution is 4.90. The number of nitrogens with zero attached hydrogens (tertiary/aromatic N) is 5. The second-order valence-corrected chi connectivity index (χ2v) is 41.6. The average Bonchev–Trinajstić information content (AvgIpc) is 1.83. The molecule has 2 aliphatic carbocycles. The van der Waals surface area contributed by atoms with Crippen LogP contribution in [0.1, 0.15) is 311 Å². The fourth-order valence-electron chi connectivity index (χ4n) is 12.9. The molecule has 9 aliphatic heterocycles. The number of ether oxygens (including phenoxy) is 3. The maximum atomic E-state index is 5.53. The largest absolute Gasteiger partial charge is 0.379 e. The van der Waals surface area contributed by atoms with Crippen LogP contribution in [-0.2, 0) is 14.2 Å². The summed E-state index contributed by atoms with van der Waals surface area (Å²) in [5.41, 5.74) is 4.35. The van der Waals surface area contributed by atoms with Crippen molar-refractivity contribution < 1.29 is 14.2 Å². The number of morpholine rings is 1. The molecule has 3 atom stereocenters. The molecule has 9 saturated heterocycles. The van der Waals surface area contributed by atoms with Crippen molar-refractivity contribution >= 4 is 0 Å². The lowest BCUT2D eigenvalue weighted by Crippen LogP contribution is -2.54. The van der Waals surface area contributed by atoms with Gasteiger partial charge in [0, 0.05) is 99.4 Å². The summed E-state index contributed by atoms with van der Waals surface area (Å²) in [4.78, 5) is 12.4.